The molecule has 0 amide bonds. The average Bonchev–Trinajstić information content (AvgIpc) is 2.08. The summed E-state index contributed by atoms with van der Waals surface area (Å²) in [7, 11) is 0. The SMILES string of the molecule is CCOc1ncc(C(C)O)cc1C. The fraction of sp³-hybridized carbons (Fsp3) is 0.500. The van der Waals surface area contributed by atoms with Crippen LogP contribution in [-0.4, -0.2) is 16.7 Å². The predicted molar refractivity (Wildman–Crippen MR) is 50.8 cm³/mol. The third kappa shape index (κ3) is 2.42. The van der Waals surface area contributed by atoms with E-state index in [4.69, 9.17) is 4.74 Å². The highest BCUT2D eigenvalue weighted by molar-refractivity contribution is 5.29. The second-order valence-corrected chi connectivity index (χ2v) is 3.00. The van der Waals surface area contributed by atoms with E-state index in [0.717, 1.165) is 11.1 Å². The molecule has 13 heavy (non-hydrogen) atoms. The van der Waals surface area contributed by atoms with Gasteiger partial charge in [0.25, 0.3) is 0 Å². The molecular formula is C10H15NO2. The molecule has 0 bridgehead atoms. The van der Waals surface area contributed by atoms with E-state index < -0.39 is 6.10 Å². The van der Waals surface area contributed by atoms with Crippen LogP contribution in [0.2, 0.25) is 0 Å². The van der Waals surface area contributed by atoms with Crippen molar-refractivity contribution >= 4 is 0 Å². The van der Waals surface area contributed by atoms with E-state index in [1.165, 1.54) is 0 Å². The number of hydrogen-bond acceptors (Lipinski definition) is 3. The van der Waals surface area contributed by atoms with Gasteiger partial charge in [-0.2, -0.15) is 0 Å². The highest BCUT2D eigenvalue weighted by Crippen LogP contribution is 2.19. The fourth-order valence-electron chi connectivity index (χ4n) is 1.10. The van der Waals surface area contributed by atoms with Crippen LogP contribution in [-0.2, 0) is 0 Å². The number of aliphatic hydroxyl groups excluding tert-OH is 1. The molecule has 0 aliphatic heterocycles. The molecule has 1 unspecified atom stereocenters. The Hall–Kier alpha value is -1.09. The Balaban J connectivity index is 2.92. The molecule has 0 saturated carbocycles. The lowest BCUT2D eigenvalue weighted by atomic mass is 10.1. The number of aromatic nitrogens is 1. The van der Waals surface area contributed by atoms with Crippen LogP contribution in [0, 0.1) is 6.92 Å². The van der Waals surface area contributed by atoms with Crippen molar-refractivity contribution in [2.45, 2.75) is 26.9 Å². The van der Waals surface area contributed by atoms with Gasteiger partial charge in [0, 0.05) is 11.8 Å². The molecule has 1 aromatic rings. The van der Waals surface area contributed by atoms with E-state index in [0.29, 0.717) is 12.5 Å². The van der Waals surface area contributed by atoms with Gasteiger partial charge < -0.3 is 9.84 Å². The van der Waals surface area contributed by atoms with Crippen LogP contribution in [0.3, 0.4) is 0 Å². The molecule has 1 atom stereocenters. The summed E-state index contributed by atoms with van der Waals surface area (Å²) in [5.74, 6) is 0.645. The normalized spacial score (nSPS) is 12.6. The number of hydrogen-bond donors (Lipinski definition) is 1. The number of pyridine rings is 1. The van der Waals surface area contributed by atoms with Gasteiger partial charge in [0.05, 0.1) is 12.7 Å². The second kappa shape index (κ2) is 4.23. The zero-order valence-electron chi connectivity index (χ0n) is 8.24. The topological polar surface area (TPSA) is 42.4 Å². The molecule has 3 heteroatoms. The molecule has 1 N–H and O–H groups in total. The standard InChI is InChI=1S/C10H15NO2/c1-4-13-10-7(2)5-9(6-11-10)8(3)12/h5-6,8,12H,4H2,1-3H3. The monoisotopic (exact) mass is 181 g/mol. The first-order valence-corrected chi connectivity index (χ1v) is 4.42. The molecule has 0 saturated heterocycles. The van der Waals surface area contributed by atoms with Crippen LogP contribution in [0.1, 0.15) is 31.1 Å². The molecule has 3 nitrogen and oxygen atoms in total. The number of ether oxygens (including phenoxy) is 1. The van der Waals surface area contributed by atoms with Crippen molar-refractivity contribution in [3.63, 3.8) is 0 Å². The zero-order valence-corrected chi connectivity index (χ0v) is 8.24. The molecule has 0 aliphatic carbocycles. The summed E-state index contributed by atoms with van der Waals surface area (Å²) in [6, 6.07) is 1.89. The number of aliphatic hydroxyl groups is 1. The van der Waals surface area contributed by atoms with Gasteiger partial charge in [0.1, 0.15) is 0 Å². The van der Waals surface area contributed by atoms with Crippen molar-refractivity contribution in [1.29, 1.82) is 0 Å². The Bertz CT molecular complexity index is 284. The highest BCUT2D eigenvalue weighted by atomic mass is 16.5. The van der Waals surface area contributed by atoms with Crippen LogP contribution in [0.15, 0.2) is 12.3 Å². The predicted octanol–water partition coefficient (Wildman–Crippen LogP) is 1.84. The quantitative estimate of drug-likeness (QED) is 0.773. The van der Waals surface area contributed by atoms with E-state index in [1.807, 2.05) is 19.9 Å². The van der Waals surface area contributed by atoms with Gasteiger partial charge in [0.2, 0.25) is 5.88 Å². The minimum absolute atomic E-state index is 0.470. The molecule has 1 rings (SSSR count). The van der Waals surface area contributed by atoms with Crippen LogP contribution < -0.4 is 4.74 Å². The molecule has 1 heterocycles. The van der Waals surface area contributed by atoms with Crippen molar-refractivity contribution < 1.29 is 9.84 Å². The molecule has 0 radical (unpaired) electrons. The smallest absolute Gasteiger partial charge is 0.216 e. The van der Waals surface area contributed by atoms with Gasteiger partial charge in [-0.1, -0.05) is 0 Å². The summed E-state index contributed by atoms with van der Waals surface area (Å²) in [6.07, 6.45) is 1.17. The van der Waals surface area contributed by atoms with Crippen LogP contribution in [0.4, 0.5) is 0 Å². The fourth-order valence-corrected chi connectivity index (χ4v) is 1.10. The Morgan fingerprint density at radius 2 is 2.31 bits per heavy atom. The zero-order chi connectivity index (χ0) is 9.84. The second-order valence-electron chi connectivity index (χ2n) is 3.00. The first kappa shape index (κ1) is 9.99. The molecule has 72 valence electrons. The van der Waals surface area contributed by atoms with Gasteiger partial charge >= 0.3 is 0 Å². The summed E-state index contributed by atoms with van der Waals surface area (Å²) >= 11 is 0. The van der Waals surface area contributed by atoms with Gasteiger partial charge in [-0.3, -0.25) is 0 Å². The Labute approximate surface area is 78.4 Å². The van der Waals surface area contributed by atoms with Crippen molar-refractivity contribution in [3.8, 4) is 5.88 Å². The third-order valence-corrected chi connectivity index (χ3v) is 1.81. The highest BCUT2D eigenvalue weighted by Gasteiger charge is 2.05. The molecule has 0 spiro atoms. The average molecular weight is 181 g/mol. The van der Waals surface area contributed by atoms with Crippen LogP contribution >= 0.6 is 0 Å². The van der Waals surface area contributed by atoms with Gasteiger partial charge in [-0.15, -0.1) is 0 Å². The first-order chi connectivity index (χ1) is 6.15. The van der Waals surface area contributed by atoms with Crippen molar-refractivity contribution in [1.82, 2.24) is 4.98 Å². The number of rotatable bonds is 3. The van der Waals surface area contributed by atoms with E-state index >= 15 is 0 Å². The van der Waals surface area contributed by atoms with Crippen LogP contribution in [0.5, 0.6) is 5.88 Å². The van der Waals surface area contributed by atoms with Crippen molar-refractivity contribution in [2.75, 3.05) is 6.61 Å². The van der Waals surface area contributed by atoms with E-state index in [1.54, 1.807) is 13.1 Å². The number of aryl methyl sites for hydroxylation is 1. The first-order valence-electron chi connectivity index (χ1n) is 4.42. The van der Waals surface area contributed by atoms with E-state index in [2.05, 4.69) is 4.98 Å². The van der Waals surface area contributed by atoms with Gasteiger partial charge in [0.15, 0.2) is 0 Å². The summed E-state index contributed by atoms with van der Waals surface area (Å²) in [5.41, 5.74) is 1.78. The Morgan fingerprint density at radius 3 is 2.77 bits per heavy atom. The molecule has 0 aromatic carbocycles. The molecule has 1 aromatic heterocycles. The van der Waals surface area contributed by atoms with E-state index in [9.17, 15) is 5.11 Å². The molecule has 0 aliphatic rings. The van der Waals surface area contributed by atoms with Gasteiger partial charge in [-0.25, -0.2) is 4.98 Å². The Kier molecular flexibility index (Phi) is 3.25. The van der Waals surface area contributed by atoms with Crippen molar-refractivity contribution in [3.05, 3.63) is 23.4 Å². The largest absolute Gasteiger partial charge is 0.478 e. The summed E-state index contributed by atoms with van der Waals surface area (Å²) in [5, 5.41) is 9.29. The van der Waals surface area contributed by atoms with Crippen molar-refractivity contribution in [2.24, 2.45) is 0 Å². The summed E-state index contributed by atoms with van der Waals surface area (Å²) in [6.45, 7) is 6.17. The maximum atomic E-state index is 9.29. The summed E-state index contributed by atoms with van der Waals surface area (Å²) < 4.78 is 5.28. The minimum Gasteiger partial charge on any atom is -0.478 e. The minimum atomic E-state index is -0.470. The molecular weight excluding hydrogens is 166 g/mol. The lowest BCUT2D eigenvalue weighted by molar-refractivity contribution is 0.198. The number of nitrogens with zero attached hydrogens (tertiary/aromatic N) is 1. The molecule has 0 fully saturated rings. The summed E-state index contributed by atoms with van der Waals surface area (Å²) in [4.78, 5) is 4.11. The third-order valence-electron chi connectivity index (χ3n) is 1.81. The lowest BCUT2D eigenvalue weighted by Gasteiger charge is -2.09. The Morgan fingerprint density at radius 1 is 1.62 bits per heavy atom. The van der Waals surface area contributed by atoms with Gasteiger partial charge in [-0.05, 0) is 32.4 Å². The van der Waals surface area contributed by atoms with Crippen LogP contribution in [0.25, 0.3) is 0 Å². The lowest BCUT2D eigenvalue weighted by Crippen LogP contribution is -1.99. The maximum Gasteiger partial charge on any atom is 0.216 e. The maximum absolute atomic E-state index is 9.29. The van der Waals surface area contributed by atoms with E-state index in [-0.39, 0.29) is 0 Å².